The molecular weight excluding hydrogens is 297 g/mol. The smallest absolute Gasteiger partial charge is 0.231 e. The Morgan fingerprint density at radius 2 is 2.04 bits per heavy atom. The van der Waals surface area contributed by atoms with Crippen molar-refractivity contribution < 1.29 is 23.9 Å². The lowest BCUT2D eigenvalue weighted by molar-refractivity contribution is -0.872. The van der Waals surface area contributed by atoms with Crippen molar-refractivity contribution in [3.8, 4) is 11.5 Å². The van der Waals surface area contributed by atoms with E-state index in [2.05, 4.69) is 0 Å². The Labute approximate surface area is 133 Å². The van der Waals surface area contributed by atoms with Crippen LogP contribution in [0.1, 0.15) is 21.5 Å². The number of halogens is 1. The topological polar surface area (TPSA) is 51.0 Å². The van der Waals surface area contributed by atoms with Crippen molar-refractivity contribution in [3.05, 3.63) is 64.7 Å². The van der Waals surface area contributed by atoms with Gasteiger partial charge in [-0.2, -0.15) is 0 Å². The van der Waals surface area contributed by atoms with E-state index >= 15 is 0 Å². The second-order valence-electron chi connectivity index (χ2n) is 5.82. The number of phenols is 1. The number of hydrogen-bond acceptors (Lipinski definition) is 3. The molecule has 0 bridgehead atoms. The molecule has 0 fully saturated rings. The van der Waals surface area contributed by atoms with Crippen LogP contribution in [0, 0.1) is 5.82 Å². The first-order valence-electron chi connectivity index (χ1n) is 7.29. The molecule has 5 heteroatoms. The lowest BCUT2D eigenvalue weighted by Crippen LogP contribution is -3.04. The largest absolute Gasteiger partial charge is 0.507 e. The van der Waals surface area contributed by atoms with Gasteiger partial charge in [0.2, 0.25) is 5.78 Å². The number of phenolic OH excluding ortho intramolecular Hbond substituents is 1. The Bertz CT molecular complexity index is 812. The van der Waals surface area contributed by atoms with E-state index in [9.17, 15) is 14.3 Å². The average Bonchev–Trinajstić information content (AvgIpc) is 2.79. The predicted molar refractivity (Wildman–Crippen MR) is 84.0 cm³/mol. The first kappa shape index (κ1) is 15.2. The molecule has 0 radical (unpaired) electrons. The third-order valence-electron chi connectivity index (χ3n) is 3.59. The summed E-state index contributed by atoms with van der Waals surface area (Å²) in [5.41, 5.74) is 1.56. The van der Waals surface area contributed by atoms with Gasteiger partial charge in [-0.25, -0.2) is 4.39 Å². The van der Waals surface area contributed by atoms with Crippen LogP contribution in [0.25, 0.3) is 6.08 Å². The van der Waals surface area contributed by atoms with Crippen molar-refractivity contribution in [2.24, 2.45) is 0 Å². The van der Waals surface area contributed by atoms with Gasteiger partial charge >= 0.3 is 0 Å². The summed E-state index contributed by atoms with van der Waals surface area (Å²) in [7, 11) is 3.89. The minimum Gasteiger partial charge on any atom is -0.507 e. The van der Waals surface area contributed by atoms with Gasteiger partial charge in [0.05, 0.1) is 25.2 Å². The highest BCUT2D eigenvalue weighted by atomic mass is 19.1. The molecule has 23 heavy (non-hydrogen) atoms. The molecule has 0 saturated heterocycles. The van der Waals surface area contributed by atoms with Crippen molar-refractivity contribution in [1.29, 1.82) is 0 Å². The Morgan fingerprint density at radius 1 is 1.26 bits per heavy atom. The molecule has 2 aromatic carbocycles. The number of ether oxygens (including phenoxy) is 1. The number of carbonyl (C=O) groups is 1. The van der Waals surface area contributed by atoms with E-state index in [0.717, 1.165) is 4.90 Å². The van der Waals surface area contributed by atoms with Crippen molar-refractivity contribution in [1.82, 2.24) is 0 Å². The van der Waals surface area contributed by atoms with E-state index in [1.165, 1.54) is 24.3 Å². The SMILES string of the molecule is C[NH+](C)Cc1c(O)ccc2c1O/C(=C/c1cccc(F)c1)C2=O. The number of nitrogens with one attached hydrogen (secondary N) is 1. The highest BCUT2D eigenvalue weighted by Crippen LogP contribution is 2.39. The minimum absolute atomic E-state index is 0.102. The molecule has 0 aliphatic carbocycles. The number of Topliss-reactive ketones (excluding diaryl/α,β-unsaturated/α-hetero) is 1. The first-order valence-corrected chi connectivity index (χ1v) is 7.29. The van der Waals surface area contributed by atoms with E-state index in [4.69, 9.17) is 4.74 Å². The van der Waals surface area contributed by atoms with Crippen LogP contribution in [0.5, 0.6) is 11.5 Å². The molecule has 3 rings (SSSR count). The second kappa shape index (κ2) is 5.85. The van der Waals surface area contributed by atoms with E-state index in [1.807, 2.05) is 14.1 Å². The fourth-order valence-corrected chi connectivity index (χ4v) is 2.57. The Morgan fingerprint density at radius 3 is 2.74 bits per heavy atom. The van der Waals surface area contributed by atoms with Gasteiger partial charge in [-0.05, 0) is 35.9 Å². The summed E-state index contributed by atoms with van der Waals surface area (Å²) >= 11 is 0. The van der Waals surface area contributed by atoms with Crippen molar-refractivity contribution >= 4 is 11.9 Å². The first-order chi connectivity index (χ1) is 11.0. The van der Waals surface area contributed by atoms with Crippen LogP contribution in [0.3, 0.4) is 0 Å². The molecule has 1 aliphatic heterocycles. The Hall–Kier alpha value is -2.66. The van der Waals surface area contributed by atoms with Crippen LogP contribution in [0.4, 0.5) is 4.39 Å². The number of carbonyl (C=O) groups excluding carboxylic acids is 1. The molecule has 0 aromatic heterocycles. The molecule has 2 aromatic rings. The molecule has 1 heterocycles. The third-order valence-corrected chi connectivity index (χ3v) is 3.59. The van der Waals surface area contributed by atoms with Crippen LogP contribution in [0.15, 0.2) is 42.2 Å². The number of fused-ring (bicyclic) bond motifs is 1. The molecule has 0 saturated carbocycles. The number of allylic oxidation sites excluding steroid dienone is 1. The molecule has 0 spiro atoms. The molecular formula is C18H17FNO3+. The number of quaternary nitrogens is 1. The Kier molecular flexibility index (Phi) is 3.88. The Balaban J connectivity index is 2.02. The van der Waals surface area contributed by atoms with Gasteiger partial charge in [0.1, 0.15) is 18.1 Å². The predicted octanol–water partition coefficient (Wildman–Crippen LogP) is 1.79. The van der Waals surface area contributed by atoms with E-state index in [1.54, 1.807) is 18.2 Å². The standard InChI is InChI=1S/C18H16FNO3/c1-20(2)10-14-15(21)7-6-13-17(22)16(23-18(13)14)9-11-4-3-5-12(19)8-11/h3-9,21H,10H2,1-2H3/p+1/b16-9+. The van der Waals surface area contributed by atoms with Crippen LogP contribution in [-0.2, 0) is 6.54 Å². The van der Waals surface area contributed by atoms with E-state index < -0.39 is 0 Å². The highest BCUT2D eigenvalue weighted by molar-refractivity contribution is 6.14. The van der Waals surface area contributed by atoms with E-state index in [0.29, 0.717) is 29.0 Å². The second-order valence-corrected chi connectivity index (χ2v) is 5.82. The maximum absolute atomic E-state index is 13.3. The summed E-state index contributed by atoms with van der Waals surface area (Å²) in [6.45, 7) is 0.523. The van der Waals surface area contributed by atoms with E-state index in [-0.39, 0.29) is 23.1 Å². The number of aromatic hydroxyl groups is 1. The average molecular weight is 314 g/mol. The summed E-state index contributed by atoms with van der Waals surface area (Å²) in [6.07, 6.45) is 1.51. The zero-order chi connectivity index (χ0) is 16.6. The molecule has 0 atom stereocenters. The minimum atomic E-state index is -0.378. The van der Waals surface area contributed by atoms with Gasteiger partial charge in [0.25, 0.3) is 0 Å². The lowest BCUT2D eigenvalue weighted by atomic mass is 10.0. The third kappa shape index (κ3) is 2.96. The van der Waals surface area contributed by atoms with Gasteiger partial charge < -0.3 is 14.7 Å². The van der Waals surface area contributed by atoms with Crippen molar-refractivity contribution in [3.63, 3.8) is 0 Å². The van der Waals surface area contributed by atoms with Gasteiger partial charge in [-0.1, -0.05) is 12.1 Å². The summed E-state index contributed by atoms with van der Waals surface area (Å²) in [5, 5.41) is 10.0. The maximum atomic E-state index is 13.3. The molecule has 0 amide bonds. The van der Waals surface area contributed by atoms with Crippen LogP contribution < -0.4 is 9.64 Å². The fraction of sp³-hybridized carbons (Fsp3) is 0.167. The van der Waals surface area contributed by atoms with Crippen LogP contribution >= 0.6 is 0 Å². The molecule has 2 N–H and O–H groups in total. The summed E-state index contributed by atoms with van der Waals surface area (Å²) < 4.78 is 19.0. The van der Waals surface area contributed by atoms with Crippen molar-refractivity contribution in [2.75, 3.05) is 14.1 Å². The highest BCUT2D eigenvalue weighted by Gasteiger charge is 2.31. The normalized spacial score (nSPS) is 15.1. The molecule has 4 nitrogen and oxygen atoms in total. The van der Waals surface area contributed by atoms with Gasteiger partial charge in [0.15, 0.2) is 11.5 Å². The zero-order valence-electron chi connectivity index (χ0n) is 12.9. The zero-order valence-corrected chi connectivity index (χ0v) is 12.9. The van der Waals surface area contributed by atoms with Crippen molar-refractivity contribution in [2.45, 2.75) is 6.54 Å². The summed E-state index contributed by atoms with van der Waals surface area (Å²) in [5.74, 6) is -0.0223. The quantitative estimate of drug-likeness (QED) is 0.849. The van der Waals surface area contributed by atoms with Crippen LogP contribution in [-0.4, -0.2) is 25.0 Å². The fourth-order valence-electron chi connectivity index (χ4n) is 2.57. The maximum Gasteiger partial charge on any atom is 0.231 e. The van der Waals surface area contributed by atoms with Crippen LogP contribution in [0.2, 0.25) is 0 Å². The number of ketones is 1. The number of benzene rings is 2. The summed E-state index contributed by atoms with van der Waals surface area (Å²) in [4.78, 5) is 13.5. The molecule has 1 aliphatic rings. The number of hydrogen-bond donors (Lipinski definition) is 2. The lowest BCUT2D eigenvalue weighted by Gasteiger charge is -2.11. The number of rotatable bonds is 3. The van der Waals surface area contributed by atoms with Gasteiger partial charge in [-0.15, -0.1) is 0 Å². The monoisotopic (exact) mass is 314 g/mol. The van der Waals surface area contributed by atoms with Gasteiger partial charge in [-0.3, -0.25) is 4.79 Å². The molecule has 118 valence electrons. The van der Waals surface area contributed by atoms with Gasteiger partial charge in [0, 0.05) is 0 Å². The summed E-state index contributed by atoms with van der Waals surface area (Å²) in [6, 6.07) is 8.98. The molecule has 0 unspecified atom stereocenters.